The van der Waals surface area contributed by atoms with Crippen LogP contribution in [0.4, 0.5) is 5.69 Å². The number of carbonyl (C=O) groups is 1. The molecule has 0 saturated heterocycles. The zero-order chi connectivity index (χ0) is 13.1. The van der Waals surface area contributed by atoms with Crippen LogP contribution in [-0.4, -0.2) is 13.3 Å². The van der Waals surface area contributed by atoms with Gasteiger partial charge in [-0.15, -0.1) is 11.3 Å². The van der Waals surface area contributed by atoms with Crippen molar-refractivity contribution in [3.8, 4) is 0 Å². The molecule has 2 rings (SSSR count). The number of hydrogen-bond donors (Lipinski definition) is 0. The largest absolute Gasteiger partial charge is 0.366 e. The first kappa shape index (κ1) is 12.8. The van der Waals surface area contributed by atoms with Crippen molar-refractivity contribution >= 4 is 23.3 Å². The zero-order valence-corrected chi connectivity index (χ0v) is 11.7. The number of hydrogen-bond acceptors (Lipinski definition) is 3. The molecule has 2 nitrogen and oxygen atoms in total. The molecule has 1 aromatic heterocycles. The number of aldehydes is 1. The van der Waals surface area contributed by atoms with Gasteiger partial charge in [-0.25, -0.2) is 0 Å². The minimum Gasteiger partial charge on any atom is -0.366 e. The van der Waals surface area contributed by atoms with Crippen molar-refractivity contribution in [1.82, 2.24) is 0 Å². The van der Waals surface area contributed by atoms with E-state index in [4.69, 9.17) is 0 Å². The smallest absolute Gasteiger partial charge is 0.152 e. The quantitative estimate of drug-likeness (QED) is 0.771. The van der Waals surface area contributed by atoms with Crippen LogP contribution < -0.4 is 4.90 Å². The molecule has 18 heavy (non-hydrogen) atoms. The summed E-state index contributed by atoms with van der Waals surface area (Å²) < 4.78 is 0. The van der Waals surface area contributed by atoms with Gasteiger partial charge in [-0.1, -0.05) is 17.7 Å². The van der Waals surface area contributed by atoms with Crippen LogP contribution in [0.3, 0.4) is 0 Å². The fraction of sp³-hybridized carbons (Fsp3) is 0.267. The van der Waals surface area contributed by atoms with E-state index < -0.39 is 0 Å². The van der Waals surface area contributed by atoms with Crippen molar-refractivity contribution in [2.75, 3.05) is 11.9 Å². The van der Waals surface area contributed by atoms with Crippen LogP contribution in [0.2, 0.25) is 0 Å². The molecule has 0 aliphatic carbocycles. The van der Waals surface area contributed by atoms with Gasteiger partial charge < -0.3 is 4.90 Å². The van der Waals surface area contributed by atoms with Crippen LogP contribution in [0.1, 0.15) is 33.8 Å². The summed E-state index contributed by atoms with van der Waals surface area (Å²) in [6.45, 7) is 4.15. The van der Waals surface area contributed by atoms with Crippen molar-refractivity contribution in [3.05, 3.63) is 51.7 Å². The Balaban J connectivity index is 2.33. The van der Waals surface area contributed by atoms with Crippen LogP contribution in [-0.2, 0) is 0 Å². The molecular weight excluding hydrogens is 242 g/mol. The Morgan fingerprint density at radius 1 is 1.33 bits per heavy atom. The van der Waals surface area contributed by atoms with Gasteiger partial charge >= 0.3 is 0 Å². The van der Waals surface area contributed by atoms with Crippen LogP contribution in [0.5, 0.6) is 0 Å². The van der Waals surface area contributed by atoms with E-state index >= 15 is 0 Å². The second-order valence-electron chi connectivity index (χ2n) is 4.48. The Morgan fingerprint density at radius 2 is 2.11 bits per heavy atom. The lowest BCUT2D eigenvalue weighted by Crippen LogP contribution is -2.22. The molecule has 0 amide bonds. The SMILES string of the molecule is Cc1ccc(N(C)C(C)c2cccs2)c(C=O)c1. The fourth-order valence-electron chi connectivity index (χ4n) is 2.02. The monoisotopic (exact) mass is 259 g/mol. The first-order valence-electron chi connectivity index (χ1n) is 5.95. The first-order chi connectivity index (χ1) is 8.63. The van der Waals surface area contributed by atoms with Gasteiger partial charge in [-0.3, -0.25) is 4.79 Å². The summed E-state index contributed by atoms with van der Waals surface area (Å²) in [4.78, 5) is 14.6. The van der Waals surface area contributed by atoms with Crippen LogP contribution in [0.15, 0.2) is 35.7 Å². The zero-order valence-electron chi connectivity index (χ0n) is 10.9. The van der Waals surface area contributed by atoms with E-state index in [2.05, 4.69) is 29.3 Å². The third kappa shape index (κ3) is 2.46. The maximum atomic E-state index is 11.2. The molecule has 94 valence electrons. The molecule has 0 spiro atoms. The van der Waals surface area contributed by atoms with E-state index in [0.29, 0.717) is 0 Å². The number of rotatable bonds is 4. The standard InChI is InChI=1S/C15H17NOS/c1-11-6-7-14(13(9-11)10-17)16(3)12(2)15-5-4-8-18-15/h4-10,12H,1-3H3. The highest BCUT2D eigenvalue weighted by Crippen LogP contribution is 2.30. The molecule has 0 fully saturated rings. The van der Waals surface area contributed by atoms with Crippen molar-refractivity contribution in [3.63, 3.8) is 0 Å². The van der Waals surface area contributed by atoms with Gasteiger partial charge in [0.15, 0.2) is 6.29 Å². The molecule has 1 atom stereocenters. The van der Waals surface area contributed by atoms with Crippen molar-refractivity contribution in [2.24, 2.45) is 0 Å². The van der Waals surface area contributed by atoms with Gasteiger partial charge in [0.05, 0.1) is 6.04 Å². The van der Waals surface area contributed by atoms with E-state index in [1.165, 1.54) is 4.88 Å². The van der Waals surface area contributed by atoms with Gasteiger partial charge in [0.2, 0.25) is 0 Å². The molecule has 1 aromatic carbocycles. The minimum atomic E-state index is 0.270. The Hall–Kier alpha value is -1.61. The molecule has 1 unspecified atom stereocenters. The summed E-state index contributed by atoms with van der Waals surface area (Å²) in [7, 11) is 2.03. The summed E-state index contributed by atoms with van der Waals surface area (Å²) in [6.07, 6.45) is 0.931. The fourth-order valence-corrected chi connectivity index (χ4v) is 2.84. The lowest BCUT2D eigenvalue weighted by Gasteiger charge is -2.27. The molecular formula is C15H17NOS. The van der Waals surface area contributed by atoms with Crippen molar-refractivity contribution in [1.29, 1.82) is 0 Å². The highest BCUT2D eigenvalue weighted by atomic mass is 32.1. The topological polar surface area (TPSA) is 20.3 Å². The summed E-state index contributed by atoms with van der Waals surface area (Å²) >= 11 is 1.74. The summed E-state index contributed by atoms with van der Waals surface area (Å²) in [5.41, 5.74) is 2.84. The maximum Gasteiger partial charge on any atom is 0.152 e. The maximum absolute atomic E-state index is 11.2. The predicted octanol–water partition coefficient (Wildman–Crippen LogP) is 4.07. The second-order valence-corrected chi connectivity index (χ2v) is 5.46. The van der Waals surface area contributed by atoms with Gasteiger partial charge in [0, 0.05) is 23.2 Å². The summed E-state index contributed by atoms with van der Waals surface area (Å²) in [6, 6.07) is 10.4. The highest BCUT2D eigenvalue weighted by Gasteiger charge is 2.15. The third-order valence-electron chi connectivity index (χ3n) is 3.23. The lowest BCUT2D eigenvalue weighted by molar-refractivity contribution is 0.112. The van der Waals surface area contributed by atoms with E-state index in [9.17, 15) is 4.79 Å². The lowest BCUT2D eigenvalue weighted by atomic mass is 10.1. The molecule has 1 heterocycles. The summed E-state index contributed by atoms with van der Waals surface area (Å²) in [5.74, 6) is 0. The molecule has 0 aliphatic heterocycles. The molecule has 0 radical (unpaired) electrons. The predicted molar refractivity (Wildman–Crippen MR) is 77.7 cm³/mol. The van der Waals surface area contributed by atoms with Crippen molar-refractivity contribution < 1.29 is 4.79 Å². The van der Waals surface area contributed by atoms with E-state index in [1.54, 1.807) is 11.3 Å². The molecule has 0 N–H and O–H groups in total. The highest BCUT2D eigenvalue weighted by molar-refractivity contribution is 7.10. The normalized spacial score (nSPS) is 12.2. The van der Waals surface area contributed by atoms with Crippen LogP contribution in [0, 0.1) is 6.92 Å². The van der Waals surface area contributed by atoms with Gasteiger partial charge in [0.25, 0.3) is 0 Å². The number of aryl methyl sites for hydroxylation is 1. The number of thiophene rings is 1. The number of benzene rings is 1. The first-order valence-corrected chi connectivity index (χ1v) is 6.83. The Bertz CT molecular complexity index is 533. The van der Waals surface area contributed by atoms with Crippen LogP contribution >= 0.6 is 11.3 Å². The van der Waals surface area contributed by atoms with E-state index in [-0.39, 0.29) is 6.04 Å². The Kier molecular flexibility index (Phi) is 3.82. The minimum absolute atomic E-state index is 0.270. The van der Waals surface area contributed by atoms with E-state index in [0.717, 1.165) is 23.1 Å². The van der Waals surface area contributed by atoms with Gasteiger partial charge in [-0.2, -0.15) is 0 Å². The average molecular weight is 259 g/mol. The molecule has 3 heteroatoms. The van der Waals surface area contributed by atoms with Gasteiger partial charge in [-0.05, 0) is 37.4 Å². The molecule has 0 aliphatic rings. The Labute approximate surface area is 112 Å². The van der Waals surface area contributed by atoms with Crippen LogP contribution in [0.25, 0.3) is 0 Å². The summed E-state index contributed by atoms with van der Waals surface area (Å²) in [5, 5.41) is 2.08. The Morgan fingerprint density at radius 3 is 2.72 bits per heavy atom. The number of nitrogens with zero attached hydrogens (tertiary/aromatic N) is 1. The molecule has 2 aromatic rings. The molecule has 0 saturated carbocycles. The number of anilines is 1. The second kappa shape index (κ2) is 5.36. The third-order valence-corrected chi connectivity index (χ3v) is 4.27. The van der Waals surface area contributed by atoms with Crippen molar-refractivity contribution in [2.45, 2.75) is 19.9 Å². The van der Waals surface area contributed by atoms with Gasteiger partial charge in [0.1, 0.15) is 0 Å². The molecule has 0 bridgehead atoms. The average Bonchev–Trinajstić information content (AvgIpc) is 2.90. The van der Waals surface area contributed by atoms with E-state index in [1.807, 2.05) is 32.2 Å². The number of carbonyl (C=O) groups excluding carboxylic acids is 1.